The quantitative estimate of drug-likeness (QED) is 0.272. The van der Waals surface area contributed by atoms with Crippen molar-refractivity contribution in [3.8, 4) is 0 Å². The second-order valence-electron chi connectivity index (χ2n) is 8.87. The van der Waals surface area contributed by atoms with Crippen LogP contribution in [0.2, 0.25) is 10.0 Å². The van der Waals surface area contributed by atoms with E-state index >= 15 is 0 Å². The summed E-state index contributed by atoms with van der Waals surface area (Å²) in [6.45, 7) is 5.13. The summed E-state index contributed by atoms with van der Waals surface area (Å²) in [7, 11) is 0. The molecule has 0 spiro atoms. The number of piperazine rings is 1. The smallest absolute Gasteiger partial charge is 0.254 e. The maximum absolute atomic E-state index is 13.4. The second kappa shape index (κ2) is 11.4. The second-order valence-corrected chi connectivity index (χ2v) is 11.1. The number of Topliss-reactive ketones (excluding diaryl/α,β-unsaturated/α-hetero) is 1. The average molecular weight is 565 g/mol. The van der Waals surface area contributed by atoms with Crippen LogP contribution in [0.15, 0.2) is 65.6 Å². The van der Waals surface area contributed by atoms with E-state index in [1.165, 1.54) is 18.2 Å². The standard InChI is InChI=1S/C27H24Cl2F2N2O3S/c1-16-17(2)33(9-8-32(16)23-5-3-4-20(28)13-23)27(35)18-6-7-26(24(29)12-18)37(36)15-25(34)19-10-21(30)14-22(31)11-19/h3-7,10-14,16-17H,8-9,15H2,1-2H3/t16-,17-,37?/m0/s1. The van der Waals surface area contributed by atoms with Gasteiger partial charge in [0.2, 0.25) is 5.78 Å². The topological polar surface area (TPSA) is 63.7 Å². The minimum atomic E-state index is -1.87. The summed E-state index contributed by atoms with van der Waals surface area (Å²) < 4.78 is 39.7. The third-order valence-electron chi connectivity index (χ3n) is 6.53. The molecule has 194 valence electrons. The van der Waals surface area contributed by atoms with Gasteiger partial charge in [-0.15, -0.1) is 0 Å². The van der Waals surface area contributed by atoms with Gasteiger partial charge in [0.05, 0.1) is 5.02 Å². The molecule has 4 rings (SSSR count). The Kier molecular flexibility index (Phi) is 8.43. The summed E-state index contributed by atoms with van der Waals surface area (Å²) in [6, 6.07) is 14.3. The van der Waals surface area contributed by atoms with Crippen LogP contribution in [-0.2, 0) is 11.2 Å². The van der Waals surface area contributed by atoms with Gasteiger partial charge < -0.3 is 14.4 Å². The van der Waals surface area contributed by atoms with Crippen LogP contribution in [0.5, 0.6) is 0 Å². The van der Waals surface area contributed by atoms with Crippen LogP contribution in [0.25, 0.3) is 0 Å². The SMILES string of the molecule is C[C@H]1[C@H](C)N(c2cccc(Cl)c2)CCN1C(=O)c1ccc([S+]([O-])CC(=O)c2cc(F)cc(F)c2)c(Cl)c1. The van der Waals surface area contributed by atoms with E-state index in [0.717, 1.165) is 17.8 Å². The lowest BCUT2D eigenvalue weighted by Crippen LogP contribution is -2.59. The van der Waals surface area contributed by atoms with E-state index in [2.05, 4.69) is 4.90 Å². The molecule has 1 fully saturated rings. The normalized spacial score (nSPS) is 18.6. The Morgan fingerprint density at radius 1 is 0.946 bits per heavy atom. The zero-order valence-electron chi connectivity index (χ0n) is 20.1. The van der Waals surface area contributed by atoms with Crippen LogP contribution in [-0.4, -0.2) is 52.1 Å². The summed E-state index contributed by atoms with van der Waals surface area (Å²) in [5, 5.41) is 0.716. The Hall–Kier alpha value is -2.65. The van der Waals surface area contributed by atoms with Gasteiger partial charge in [0.1, 0.15) is 11.6 Å². The molecule has 1 unspecified atom stereocenters. The molecule has 0 aliphatic carbocycles. The summed E-state index contributed by atoms with van der Waals surface area (Å²) in [6.07, 6.45) is 0. The van der Waals surface area contributed by atoms with Crippen molar-refractivity contribution in [1.82, 2.24) is 4.90 Å². The number of rotatable bonds is 6. The number of anilines is 1. The van der Waals surface area contributed by atoms with E-state index < -0.39 is 34.3 Å². The molecule has 3 aromatic carbocycles. The Labute approximate surface area is 227 Å². The molecule has 1 saturated heterocycles. The molecule has 1 aliphatic rings. The molecular weight excluding hydrogens is 541 g/mol. The number of carbonyl (C=O) groups excluding carboxylic acids is 2. The van der Waals surface area contributed by atoms with E-state index in [0.29, 0.717) is 29.7 Å². The summed E-state index contributed by atoms with van der Waals surface area (Å²) in [5.74, 6) is -3.20. The van der Waals surface area contributed by atoms with Crippen molar-refractivity contribution in [1.29, 1.82) is 0 Å². The molecule has 0 saturated carbocycles. The van der Waals surface area contributed by atoms with Crippen LogP contribution in [0.4, 0.5) is 14.5 Å². The van der Waals surface area contributed by atoms with Crippen LogP contribution >= 0.6 is 23.2 Å². The van der Waals surface area contributed by atoms with Crippen molar-refractivity contribution < 1.29 is 22.9 Å². The molecule has 1 aliphatic heterocycles. The van der Waals surface area contributed by atoms with Gasteiger partial charge in [0.25, 0.3) is 5.91 Å². The van der Waals surface area contributed by atoms with Crippen molar-refractivity contribution in [3.05, 3.63) is 93.5 Å². The molecule has 1 amide bonds. The van der Waals surface area contributed by atoms with E-state index in [1.807, 2.05) is 38.1 Å². The van der Waals surface area contributed by atoms with Gasteiger partial charge in [-0.05, 0) is 73.6 Å². The van der Waals surface area contributed by atoms with Crippen LogP contribution in [0.1, 0.15) is 34.6 Å². The van der Waals surface area contributed by atoms with Crippen molar-refractivity contribution in [3.63, 3.8) is 0 Å². The third-order valence-corrected chi connectivity index (χ3v) is 8.57. The van der Waals surface area contributed by atoms with Crippen molar-refractivity contribution in [2.24, 2.45) is 0 Å². The predicted octanol–water partition coefficient (Wildman–Crippen LogP) is 6.00. The number of amides is 1. The first-order valence-corrected chi connectivity index (χ1v) is 13.6. The Bertz CT molecular complexity index is 1320. The molecular formula is C27H24Cl2F2N2O3S. The lowest BCUT2D eigenvalue weighted by atomic mass is 10.0. The number of ketones is 1. The Balaban J connectivity index is 1.45. The molecule has 0 radical (unpaired) electrons. The van der Waals surface area contributed by atoms with Crippen molar-refractivity contribution in [2.45, 2.75) is 30.8 Å². The fraction of sp³-hybridized carbons (Fsp3) is 0.259. The van der Waals surface area contributed by atoms with Gasteiger partial charge in [0, 0.05) is 53.1 Å². The number of halogens is 4. The highest BCUT2D eigenvalue weighted by Gasteiger charge is 2.34. The van der Waals surface area contributed by atoms with Crippen molar-refractivity contribution >= 4 is 51.8 Å². The summed E-state index contributed by atoms with van der Waals surface area (Å²) in [4.78, 5) is 29.9. The molecule has 37 heavy (non-hydrogen) atoms. The molecule has 1 heterocycles. The monoisotopic (exact) mass is 564 g/mol. The van der Waals surface area contributed by atoms with E-state index in [9.17, 15) is 22.9 Å². The maximum Gasteiger partial charge on any atom is 0.254 e. The van der Waals surface area contributed by atoms with Crippen LogP contribution in [0, 0.1) is 11.6 Å². The van der Waals surface area contributed by atoms with E-state index in [-0.39, 0.29) is 33.5 Å². The van der Waals surface area contributed by atoms with Gasteiger partial charge in [0.15, 0.2) is 10.6 Å². The Morgan fingerprint density at radius 3 is 2.30 bits per heavy atom. The summed E-state index contributed by atoms with van der Waals surface area (Å²) >= 11 is 10.6. The fourth-order valence-electron chi connectivity index (χ4n) is 4.43. The number of carbonyl (C=O) groups is 2. The highest BCUT2D eigenvalue weighted by molar-refractivity contribution is 7.92. The van der Waals surface area contributed by atoms with Crippen molar-refractivity contribution in [2.75, 3.05) is 23.7 Å². The molecule has 10 heteroatoms. The third kappa shape index (κ3) is 6.09. The fourth-order valence-corrected chi connectivity index (χ4v) is 6.11. The number of benzene rings is 3. The Morgan fingerprint density at radius 2 is 1.65 bits per heavy atom. The number of hydrogen-bond donors (Lipinski definition) is 0. The van der Waals surface area contributed by atoms with Gasteiger partial charge in [-0.1, -0.05) is 29.3 Å². The largest absolute Gasteiger partial charge is 0.611 e. The van der Waals surface area contributed by atoms with Gasteiger partial charge >= 0.3 is 0 Å². The minimum absolute atomic E-state index is 0.0251. The predicted molar refractivity (Wildman–Crippen MR) is 142 cm³/mol. The van der Waals surface area contributed by atoms with Gasteiger partial charge in [-0.3, -0.25) is 9.59 Å². The average Bonchev–Trinajstić information content (AvgIpc) is 2.84. The molecule has 3 aromatic rings. The minimum Gasteiger partial charge on any atom is -0.611 e. The van der Waals surface area contributed by atoms with Gasteiger partial charge in [-0.2, -0.15) is 0 Å². The molecule has 0 bridgehead atoms. The summed E-state index contributed by atoms with van der Waals surface area (Å²) in [5.41, 5.74) is 1.11. The van der Waals surface area contributed by atoms with E-state index in [4.69, 9.17) is 23.2 Å². The first-order valence-electron chi connectivity index (χ1n) is 11.6. The molecule has 0 N–H and O–H groups in total. The zero-order valence-corrected chi connectivity index (χ0v) is 22.4. The van der Waals surface area contributed by atoms with Crippen LogP contribution in [0.3, 0.4) is 0 Å². The molecule has 5 nitrogen and oxygen atoms in total. The molecule has 0 aromatic heterocycles. The zero-order chi connectivity index (χ0) is 26.9. The lowest BCUT2D eigenvalue weighted by Gasteiger charge is -2.46. The number of nitrogens with zero attached hydrogens (tertiary/aromatic N) is 2. The maximum atomic E-state index is 13.4. The van der Waals surface area contributed by atoms with E-state index in [1.54, 1.807) is 4.90 Å². The highest BCUT2D eigenvalue weighted by Crippen LogP contribution is 2.29. The lowest BCUT2D eigenvalue weighted by molar-refractivity contribution is 0.0634. The highest BCUT2D eigenvalue weighted by atomic mass is 35.5. The first kappa shape index (κ1) is 27.4. The van der Waals surface area contributed by atoms with Crippen LogP contribution < -0.4 is 4.90 Å². The number of hydrogen-bond acceptors (Lipinski definition) is 4. The van der Waals surface area contributed by atoms with Gasteiger partial charge in [-0.25, -0.2) is 8.78 Å². The molecule has 3 atom stereocenters. The first-order chi connectivity index (χ1) is 17.5.